The Labute approximate surface area is 212 Å². The van der Waals surface area contributed by atoms with E-state index in [-0.39, 0.29) is 30.9 Å². The number of hydrogen-bond donors (Lipinski definition) is 1. The number of piperazine rings is 1. The molecule has 0 saturated carbocycles. The van der Waals surface area contributed by atoms with Crippen molar-refractivity contribution in [3.05, 3.63) is 107 Å². The van der Waals surface area contributed by atoms with Crippen molar-refractivity contribution >= 4 is 22.7 Å². The predicted octanol–water partition coefficient (Wildman–Crippen LogP) is 5.67. The van der Waals surface area contributed by atoms with Crippen molar-refractivity contribution in [2.45, 2.75) is 31.6 Å². The molecule has 1 saturated heterocycles. The van der Waals surface area contributed by atoms with Gasteiger partial charge in [0.05, 0.1) is 11.6 Å². The predicted molar refractivity (Wildman–Crippen MR) is 135 cm³/mol. The van der Waals surface area contributed by atoms with E-state index < -0.39 is 11.7 Å². The minimum Gasteiger partial charge on any atom is -0.361 e. The number of nitrogens with zero attached hydrogens (tertiary/aromatic N) is 2. The molecule has 1 aromatic heterocycles. The first kappa shape index (κ1) is 24.6. The third-order valence-corrected chi connectivity index (χ3v) is 6.82. The van der Waals surface area contributed by atoms with Gasteiger partial charge in [0, 0.05) is 30.4 Å². The van der Waals surface area contributed by atoms with Crippen molar-refractivity contribution in [2.75, 3.05) is 13.1 Å². The van der Waals surface area contributed by atoms with Crippen LogP contribution in [-0.2, 0) is 23.9 Å². The Kier molecular flexibility index (Phi) is 6.74. The zero-order valence-corrected chi connectivity index (χ0v) is 20.0. The lowest BCUT2D eigenvalue weighted by Gasteiger charge is -2.41. The molecule has 8 heteroatoms. The van der Waals surface area contributed by atoms with Crippen LogP contribution >= 0.6 is 0 Å². The van der Waals surface area contributed by atoms with Crippen molar-refractivity contribution in [3.8, 4) is 0 Å². The number of hydrogen-bond acceptors (Lipinski definition) is 2. The van der Waals surface area contributed by atoms with E-state index in [2.05, 4.69) is 4.98 Å². The minimum atomic E-state index is -4.46. The van der Waals surface area contributed by atoms with Crippen LogP contribution < -0.4 is 0 Å². The molecule has 1 aliphatic heterocycles. The molecule has 190 valence electrons. The molecule has 0 aliphatic carbocycles. The van der Waals surface area contributed by atoms with Gasteiger partial charge in [-0.25, -0.2) is 0 Å². The normalized spacial score (nSPS) is 16.4. The number of amides is 2. The van der Waals surface area contributed by atoms with Gasteiger partial charge in [-0.3, -0.25) is 9.59 Å². The van der Waals surface area contributed by atoms with Crippen LogP contribution in [0.4, 0.5) is 13.2 Å². The number of carbonyl (C=O) groups excluding carboxylic acids is 2. The summed E-state index contributed by atoms with van der Waals surface area (Å²) in [7, 11) is 0. The molecule has 5 rings (SSSR count). The molecule has 0 bridgehead atoms. The SMILES string of the molecule is O=C(c1ccc2cc[nH]c2c1)N1CC(=O)N(Cc2cccc(C(F)(F)F)c2)[C@@H](CCc2ccccc2)C1. The zero-order chi connectivity index (χ0) is 26.0. The van der Waals surface area contributed by atoms with Crippen molar-refractivity contribution in [2.24, 2.45) is 0 Å². The first-order chi connectivity index (χ1) is 17.8. The minimum absolute atomic E-state index is 0.0542. The maximum absolute atomic E-state index is 13.4. The number of benzene rings is 3. The summed E-state index contributed by atoms with van der Waals surface area (Å²) in [5, 5.41) is 0.985. The summed E-state index contributed by atoms with van der Waals surface area (Å²) >= 11 is 0. The number of aromatic amines is 1. The number of halogens is 3. The second-order valence-electron chi connectivity index (χ2n) is 9.36. The Balaban J connectivity index is 1.39. The highest BCUT2D eigenvalue weighted by Crippen LogP contribution is 2.30. The molecule has 1 atom stereocenters. The maximum atomic E-state index is 13.4. The van der Waals surface area contributed by atoms with Gasteiger partial charge in [0.1, 0.15) is 6.54 Å². The largest absolute Gasteiger partial charge is 0.416 e. The van der Waals surface area contributed by atoms with E-state index in [4.69, 9.17) is 0 Å². The highest BCUT2D eigenvalue weighted by molar-refractivity contribution is 6.00. The van der Waals surface area contributed by atoms with Gasteiger partial charge in [-0.05, 0) is 59.7 Å². The quantitative estimate of drug-likeness (QED) is 0.367. The Morgan fingerprint density at radius 3 is 2.51 bits per heavy atom. The molecule has 1 aliphatic rings. The standard InChI is InChI=1S/C29H26F3N3O2/c30-29(31,32)24-8-4-7-21(15-24)17-35-25(12-9-20-5-2-1-3-6-20)18-34(19-27(35)36)28(37)23-11-10-22-13-14-33-26(22)16-23/h1-8,10-11,13-16,25,33H,9,12,17-19H2/t25-/m0/s1. The second-order valence-corrected chi connectivity index (χ2v) is 9.36. The molecule has 5 nitrogen and oxygen atoms in total. The van der Waals surface area contributed by atoms with Gasteiger partial charge in [0.15, 0.2) is 0 Å². The lowest BCUT2D eigenvalue weighted by molar-refractivity contribution is -0.139. The van der Waals surface area contributed by atoms with E-state index in [9.17, 15) is 22.8 Å². The summed E-state index contributed by atoms with van der Waals surface area (Å²) in [5.74, 6) is -0.524. The smallest absolute Gasteiger partial charge is 0.361 e. The van der Waals surface area contributed by atoms with Crippen molar-refractivity contribution in [3.63, 3.8) is 0 Å². The maximum Gasteiger partial charge on any atom is 0.416 e. The van der Waals surface area contributed by atoms with Crippen molar-refractivity contribution in [1.82, 2.24) is 14.8 Å². The van der Waals surface area contributed by atoms with Gasteiger partial charge >= 0.3 is 6.18 Å². The summed E-state index contributed by atoms with van der Waals surface area (Å²) in [6.07, 6.45) is -1.41. The molecule has 3 aromatic carbocycles. The number of aromatic nitrogens is 1. The Morgan fingerprint density at radius 1 is 0.946 bits per heavy atom. The summed E-state index contributed by atoms with van der Waals surface area (Å²) in [5.41, 5.74) is 2.07. The number of carbonyl (C=O) groups is 2. The molecular weight excluding hydrogens is 479 g/mol. The molecule has 2 amide bonds. The molecule has 1 fully saturated rings. The Morgan fingerprint density at radius 2 is 1.73 bits per heavy atom. The van der Waals surface area contributed by atoms with Gasteiger partial charge < -0.3 is 14.8 Å². The van der Waals surface area contributed by atoms with Gasteiger partial charge in [0.2, 0.25) is 5.91 Å². The molecule has 1 N–H and O–H groups in total. The average molecular weight is 506 g/mol. The summed E-state index contributed by atoms with van der Waals surface area (Å²) < 4.78 is 39.8. The van der Waals surface area contributed by atoms with Crippen LogP contribution in [0.1, 0.15) is 33.5 Å². The topological polar surface area (TPSA) is 56.4 Å². The molecule has 0 radical (unpaired) electrons. The lowest BCUT2D eigenvalue weighted by atomic mass is 9.99. The van der Waals surface area contributed by atoms with E-state index in [0.717, 1.165) is 28.6 Å². The molecule has 2 heterocycles. The highest BCUT2D eigenvalue weighted by Gasteiger charge is 2.36. The van der Waals surface area contributed by atoms with Gasteiger partial charge in [-0.1, -0.05) is 48.5 Å². The van der Waals surface area contributed by atoms with Crippen molar-refractivity contribution < 1.29 is 22.8 Å². The van der Waals surface area contributed by atoms with Crippen LogP contribution in [0.3, 0.4) is 0 Å². The van der Waals surface area contributed by atoms with Gasteiger partial charge in [-0.15, -0.1) is 0 Å². The number of H-pyrrole nitrogens is 1. The number of aryl methyl sites for hydroxylation is 1. The monoisotopic (exact) mass is 505 g/mol. The van der Waals surface area contributed by atoms with Crippen LogP contribution in [0.2, 0.25) is 0 Å². The Bertz CT molecular complexity index is 1410. The third kappa shape index (κ3) is 5.53. The van der Waals surface area contributed by atoms with E-state index in [0.29, 0.717) is 30.5 Å². The second kappa shape index (κ2) is 10.1. The number of nitrogens with one attached hydrogen (secondary N) is 1. The summed E-state index contributed by atoms with van der Waals surface area (Å²) in [6, 6.07) is 21.8. The number of fused-ring (bicyclic) bond motifs is 1. The molecule has 4 aromatic rings. The van der Waals surface area contributed by atoms with E-state index in [1.165, 1.54) is 6.07 Å². The fraction of sp³-hybridized carbons (Fsp3) is 0.241. The fourth-order valence-electron chi connectivity index (χ4n) is 4.88. The number of alkyl halides is 3. The third-order valence-electron chi connectivity index (χ3n) is 6.82. The lowest BCUT2D eigenvalue weighted by Crippen LogP contribution is -2.57. The highest BCUT2D eigenvalue weighted by atomic mass is 19.4. The van der Waals surface area contributed by atoms with Crippen LogP contribution in [0.25, 0.3) is 10.9 Å². The average Bonchev–Trinajstić information content (AvgIpc) is 3.37. The Hall–Kier alpha value is -4.07. The fourth-order valence-corrected chi connectivity index (χ4v) is 4.88. The summed E-state index contributed by atoms with van der Waals surface area (Å²) in [6.45, 7) is 0.236. The molecule has 0 unspecified atom stereocenters. The molecular formula is C29H26F3N3O2. The van der Waals surface area contributed by atoms with Crippen LogP contribution in [0.15, 0.2) is 85.1 Å². The van der Waals surface area contributed by atoms with Crippen LogP contribution in [-0.4, -0.2) is 45.7 Å². The van der Waals surface area contributed by atoms with E-state index in [1.807, 2.05) is 42.5 Å². The van der Waals surface area contributed by atoms with E-state index >= 15 is 0 Å². The van der Waals surface area contributed by atoms with Crippen molar-refractivity contribution in [1.29, 1.82) is 0 Å². The van der Waals surface area contributed by atoms with Crippen LogP contribution in [0.5, 0.6) is 0 Å². The first-order valence-corrected chi connectivity index (χ1v) is 12.1. The number of rotatable bonds is 6. The molecule has 0 spiro atoms. The van der Waals surface area contributed by atoms with E-state index in [1.54, 1.807) is 34.2 Å². The first-order valence-electron chi connectivity index (χ1n) is 12.1. The van der Waals surface area contributed by atoms with Crippen LogP contribution in [0, 0.1) is 0 Å². The molecule has 37 heavy (non-hydrogen) atoms. The van der Waals surface area contributed by atoms with Gasteiger partial charge in [0.25, 0.3) is 5.91 Å². The zero-order valence-electron chi connectivity index (χ0n) is 20.0. The van der Waals surface area contributed by atoms with Gasteiger partial charge in [-0.2, -0.15) is 13.2 Å². The summed E-state index contributed by atoms with van der Waals surface area (Å²) in [4.78, 5) is 33.0.